The zero-order valence-corrected chi connectivity index (χ0v) is 15.1. The topological polar surface area (TPSA) is 93.5 Å². The number of non-ortho nitro benzene ring substituents is 1. The van der Waals surface area contributed by atoms with E-state index in [0.29, 0.717) is 23.6 Å². The molecule has 2 aromatic carbocycles. The Balaban J connectivity index is 1.93. The maximum atomic E-state index is 12.0. The summed E-state index contributed by atoms with van der Waals surface area (Å²) >= 11 is 5.13. The molecule has 0 unspecified atom stereocenters. The van der Waals surface area contributed by atoms with E-state index in [0.717, 1.165) is 0 Å². The molecule has 0 fully saturated rings. The SMILES string of the molecule is C=CCOc1ccccc1NC(=S)NC(=O)/C=C/c1ccc([N+](=O)[O-])cc1. The van der Waals surface area contributed by atoms with Crippen molar-refractivity contribution in [1.29, 1.82) is 0 Å². The molecule has 2 rings (SSSR count). The molecule has 0 aromatic heterocycles. The largest absolute Gasteiger partial charge is 0.487 e. The molecule has 0 aliphatic carbocycles. The molecule has 8 heteroatoms. The van der Waals surface area contributed by atoms with Gasteiger partial charge in [0.2, 0.25) is 5.91 Å². The molecule has 0 aliphatic heterocycles. The molecule has 0 heterocycles. The number of hydrogen-bond acceptors (Lipinski definition) is 5. The number of nitrogens with one attached hydrogen (secondary N) is 2. The Hall–Kier alpha value is -3.52. The number of rotatable bonds is 7. The molecule has 138 valence electrons. The Morgan fingerprint density at radius 3 is 2.59 bits per heavy atom. The van der Waals surface area contributed by atoms with Crippen LogP contribution in [0.4, 0.5) is 11.4 Å². The highest BCUT2D eigenvalue weighted by atomic mass is 32.1. The number of amides is 1. The first-order valence-electron chi connectivity index (χ1n) is 7.87. The Labute approximate surface area is 161 Å². The smallest absolute Gasteiger partial charge is 0.269 e. The predicted octanol–water partition coefficient (Wildman–Crippen LogP) is 3.69. The first-order chi connectivity index (χ1) is 13.0. The minimum Gasteiger partial charge on any atom is -0.487 e. The van der Waals surface area contributed by atoms with Crippen LogP contribution in [-0.4, -0.2) is 22.5 Å². The number of nitrogens with zero attached hydrogens (tertiary/aromatic N) is 1. The molecule has 0 radical (unpaired) electrons. The molecule has 27 heavy (non-hydrogen) atoms. The van der Waals surface area contributed by atoms with Crippen molar-refractivity contribution in [1.82, 2.24) is 5.32 Å². The van der Waals surface area contributed by atoms with Crippen LogP contribution in [-0.2, 0) is 4.79 Å². The Kier molecular flexibility index (Phi) is 7.21. The standard InChI is InChI=1S/C19H17N3O4S/c1-2-13-26-17-6-4-3-5-16(17)20-19(27)21-18(23)12-9-14-7-10-15(11-8-14)22(24)25/h2-12H,1,13H2,(H2,20,21,23,27)/b12-9+. The summed E-state index contributed by atoms with van der Waals surface area (Å²) in [6.07, 6.45) is 4.44. The molecule has 0 atom stereocenters. The molecule has 2 aromatic rings. The minimum absolute atomic E-state index is 0.0145. The number of para-hydroxylation sites is 2. The van der Waals surface area contributed by atoms with Gasteiger partial charge in [-0.1, -0.05) is 24.8 Å². The summed E-state index contributed by atoms with van der Waals surface area (Å²) in [5.74, 6) is 0.144. The van der Waals surface area contributed by atoms with Crippen molar-refractivity contribution < 1.29 is 14.5 Å². The molecule has 0 spiro atoms. The molecule has 1 amide bonds. The summed E-state index contributed by atoms with van der Waals surface area (Å²) < 4.78 is 5.51. The van der Waals surface area contributed by atoms with Gasteiger partial charge in [0.15, 0.2) is 5.11 Å². The fraction of sp³-hybridized carbons (Fsp3) is 0.0526. The second-order valence-electron chi connectivity index (χ2n) is 5.22. The normalized spacial score (nSPS) is 10.2. The highest BCUT2D eigenvalue weighted by Crippen LogP contribution is 2.23. The van der Waals surface area contributed by atoms with Crippen LogP contribution < -0.4 is 15.4 Å². The number of benzene rings is 2. The van der Waals surface area contributed by atoms with Crippen LogP contribution in [0.15, 0.2) is 67.3 Å². The number of nitro benzene ring substituents is 1. The summed E-state index contributed by atoms with van der Waals surface area (Å²) in [6.45, 7) is 3.94. The first-order valence-corrected chi connectivity index (χ1v) is 8.27. The first kappa shape index (κ1) is 19.8. The van der Waals surface area contributed by atoms with Gasteiger partial charge < -0.3 is 10.1 Å². The van der Waals surface area contributed by atoms with Gasteiger partial charge in [0.05, 0.1) is 10.6 Å². The van der Waals surface area contributed by atoms with Crippen LogP contribution in [0.2, 0.25) is 0 Å². The molecule has 0 saturated carbocycles. The molecular formula is C19H17N3O4S. The van der Waals surface area contributed by atoms with Gasteiger partial charge in [-0.25, -0.2) is 0 Å². The number of carbonyl (C=O) groups is 1. The van der Waals surface area contributed by atoms with E-state index in [1.807, 2.05) is 12.1 Å². The van der Waals surface area contributed by atoms with Gasteiger partial charge in [-0.3, -0.25) is 20.2 Å². The highest BCUT2D eigenvalue weighted by molar-refractivity contribution is 7.80. The van der Waals surface area contributed by atoms with Crippen molar-refractivity contribution in [2.24, 2.45) is 0 Å². The van der Waals surface area contributed by atoms with Crippen molar-refractivity contribution in [3.63, 3.8) is 0 Å². The summed E-state index contributed by atoms with van der Waals surface area (Å²) in [6, 6.07) is 13.0. The average molecular weight is 383 g/mol. The fourth-order valence-electron chi connectivity index (χ4n) is 2.03. The van der Waals surface area contributed by atoms with Crippen molar-refractivity contribution >= 4 is 40.7 Å². The third-order valence-corrected chi connectivity index (χ3v) is 3.46. The summed E-state index contributed by atoms with van der Waals surface area (Å²) in [5.41, 5.74) is 1.25. The molecule has 2 N–H and O–H groups in total. The van der Waals surface area contributed by atoms with E-state index >= 15 is 0 Å². The third kappa shape index (κ3) is 6.37. The van der Waals surface area contributed by atoms with Crippen molar-refractivity contribution in [3.05, 3.63) is 82.9 Å². The van der Waals surface area contributed by atoms with E-state index in [2.05, 4.69) is 17.2 Å². The lowest BCUT2D eigenvalue weighted by molar-refractivity contribution is -0.384. The van der Waals surface area contributed by atoms with Gasteiger partial charge in [0, 0.05) is 18.2 Å². The van der Waals surface area contributed by atoms with E-state index in [-0.39, 0.29) is 10.8 Å². The Morgan fingerprint density at radius 2 is 1.93 bits per heavy atom. The van der Waals surface area contributed by atoms with Crippen LogP contribution >= 0.6 is 12.2 Å². The van der Waals surface area contributed by atoms with E-state index in [1.54, 1.807) is 30.3 Å². The van der Waals surface area contributed by atoms with Gasteiger partial charge in [0.1, 0.15) is 12.4 Å². The molecule has 0 saturated heterocycles. The number of hydrogen-bond donors (Lipinski definition) is 2. The van der Waals surface area contributed by atoms with Crippen molar-refractivity contribution in [2.75, 3.05) is 11.9 Å². The van der Waals surface area contributed by atoms with Crippen LogP contribution in [0.5, 0.6) is 5.75 Å². The van der Waals surface area contributed by atoms with Gasteiger partial charge in [0.25, 0.3) is 5.69 Å². The molecule has 7 nitrogen and oxygen atoms in total. The third-order valence-electron chi connectivity index (χ3n) is 3.26. The van der Waals surface area contributed by atoms with E-state index < -0.39 is 10.8 Å². The zero-order chi connectivity index (χ0) is 19.6. The number of ether oxygens (including phenoxy) is 1. The second kappa shape index (κ2) is 9.83. The molecule has 0 bridgehead atoms. The summed E-state index contributed by atoms with van der Waals surface area (Å²) in [7, 11) is 0. The van der Waals surface area contributed by atoms with E-state index in [4.69, 9.17) is 17.0 Å². The second-order valence-corrected chi connectivity index (χ2v) is 5.63. The zero-order valence-electron chi connectivity index (χ0n) is 14.3. The monoisotopic (exact) mass is 383 g/mol. The van der Waals surface area contributed by atoms with Crippen molar-refractivity contribution in [2.45, 2.75) is 0 Å². The molecular weight excluding hydrogens is 366 g/mol. The van der Waals surface area contributed by atoms with Gasteiger partial charge in [-0.05, 0) is 48.1 Å². The number of thiocarbonyl (C=S) groups is 1. The van der Waals surface area contributed by atoms with E-state index in [9.17, 15) is 14.9 Å². The maximum Gasteiger partial charge on any atom is 0.269 e. The van der Waals surface area contributed by atoms with Crippen LogP contribution in [0.1, 0.15) is 5.56 Å². The minimum atomic E-state index is -0.485. The Morgan fingerprint density at radius 1 is 1.22 bits per heavy atom. The fourth-order valence-corrected chi connectivity index (χ4v) is 2.24. The summed E-state index contributed by atoms with van der Waals surface area (Å²) in [4.78, 5) is 22.1. The quantitative estimate of drug-likeness (QED) is 0.249. The highest BCUT2D eigenvalue weighted by Gasteiger charge is 2.07. The predicted molar refractivity (Wildman–Crippen MR) is 109 cm³/mol. The van der Waals surface area contributed by atoms with Gasteiger partial charge >= 0.3 is 0 Å². The number of carbonyl (C=O) groups excluding carboxylic acids is 1. The van der Waals surface area contributed by atoms with Crippen molar-refractivity contribution in [3.8, 4) is 5.75 Å². The summed E-state index contributed by atoms with van der Waals surface area (Å²) in [5, 5.41) is 16.2. The van der Waals surface area contributed by atoms with Gasteiger partial charge in [-0.15, -0.1) is 0 Å². The number of nitro groups is 1. The molecule has 0 aliphatic rings. The Bertz CT molecular complexity index is 879. The van der Waals surface area contributed by atoms with Crippen LogP contribution in [0.3, 0.4) is 0 Å². The van der Waals surface area contributed by atoms with E-state index in [1.165, 1.54) is 24.3 Å². The average Bonchev–Trinajstić information content (AvgIpc) is 2.66. The van der Waals surface area contributed by atoms with Crippen LogP contribution in [0, 0.1) is 10.1 Å². The maximum absolute atomic E-state index is 12.0. The van der Waals surface area contributed by atoms with Crippen LogP contribution in [0.25, 0.3) is 6.08 Å². The van der Waals surface area contributed by atoms with Gasteiger partial charge in [-0.2, -0.15) is 0 Å². The number of anilines is 1. The lowest BCUT2D eigenvalue weighted by Crippen LogP contribution is -2.32. The lowest BCUT2D eigenvalue weighted by atomic mass is 10.2. The lowest BCUT2D eigenvalue weighted by Gasteiger charge is -2.12.